The van der Waals surface area contributed by atoms with E-state index in [1.165, 1.54) is 4.90 Å². The number of nitrogens with zero attached hydrogens (tertiary/aromatic N) is 1. The minimum absolute atomic E-state index is 0. The molecule has 2 amide bonds. The van der Waals surface area contributed by atoms with Crippen molar-refractivity contribution in [2.45, 2.75) is 31.7 Å². The van der Waals surface area contributed by atoms with Crippen molar-refractivity contribution in [2.24, 2.45) is 11.7 Å². The molecule has 0 heterocycles. The van der Waals surface area contributed by atoms with Crippen LogP contribution in [0.3, 0.4) is 0 Å². The van der Waals surface area contributed by atoms with Gasteiger partial charge >= 0.3 is 0 Å². The zero-order valence-electron chi connectivity index (χ0n) is 13.4. The first kappa shape index (κ1) is 21.0. The first-order valence-electron chi connectivity index (χ1n) is 7.61. The summed E-state index contributed by atoms with van der Waals surface area (Å²) in [5, 5.41) is 3.48. The molecule has 0 spiro atoms. The maximum Gasteiger partial charge on any atom is 0.243 e. The summed E-state index contributed by atoms with van der Waals surface area (Å²) in [5.74, 6) is -0.116. The molecule has 134 valence electrons. The molecule has 24 heavy (non-hydrogen) atoms. The Morgan fingerprint density at radius 3 is 2.58 bits per heavy atom. The normalized spacial score (nSPS) is 19.5. The number of halogens is 3. The van der Waals surface area contributed by atoms with Gasteiger partial charge in [-0.15, -0.1) is 12.4 Å². The lowest BCUT2D eigenvalue weighted by molar-refractivity contribution is -0.134. The molecule has 2 atom stereocenters. The van der Waals surface area contributed by atoms with Crippen molar-refractivity contribution in [3.8, 4) is 0 Å². The van der Waals surface area contributed by atoms with Gasteiger partial charge in [0, 0.05) is 25.2 Å². The summed E-state index contributed by atoms with van der Waals surface area (Å²) in [7, 11) is 1.62. The number of rotatable bonds is 5. The van der Waals surface area contributed by atoms with Crippen molar-refractivity contribution in [1.29, 1.82) is 0 Å². The minimum atomic E-state index is -0.282. The van der Waals surface area contributed by atoms with Crippen LogP contribution in [0.15, 0.2) is 18.2 Å². The number of carbonyl (C=O) groups is 2. The fraction of sp³-hybridized carbons (Fsp3) is 0.500. The Hall–Kier alpha value is -1.01. The van der Waals surface area contributed by atoms with Gasteiger partial charge in [-0.25, -0.2) is 0 Å². The number of benzene rings is 1. The van der Waals surface area contributed by atoms with Gasteiger partial charge in [-0.05, 0) is 37.0 Å². The second-order valence-electron chi connectivity index (χ2n) is 5.99. The van der Waals surface area contributed by atoms with Gasteiger partial charge < -0.3 is 16.0 Å². The summed E-state index contributed by atoms with van der Waals surface area (Å²) < 4.78 is 0. The van der Waals surface area contributed by atoms with Gasteiger partial charge in [0.25, 0.3) is 0 Å². The fourth-order valence-electron chi connectivity index (χ4n) is 2.78. The quantitative estimate of drug-likeness (QED) is 0.804. The number of nitrogens with two attached hydrogens (primary N) is 1. The highest BCUT2D eigenvalue weighted by atomic mass is 35.5. The number of nitrogens with one attached hydrogen (secondary N) is 1. The lowest BCUT2D eigenvalue weighted by Crippen LogP contribution is -2.37. The first-order valence-corrected chi connectivity index (χ1v) is 8.37. The fourth-order valence-corrected chi connectivity index (χ4v) is 3.08. The third-order valence-electron chi connectivity index (χ3n) is 4.16. The van der Waals surface area contributed by atoms with Crippen molar-refractivity contribution >= 4 is 53.1 Å². The molecule has 0 aromatic heterocycles. The topological polar surface area (TPSA) is 75.4 Å². The Balaban J connectivity index is 0.00000288. The summed E-state index contributed by atoms with van der Waals surface area (Å²) in [4.78, 5) is 25.6. The highest BCUT2D eigenvalue weighted by Crippen LogP contribution is 2.27. The minimum Gasteiger partial charge on any atom is -0.336 e. The molecule has 3 N–H and O–H groups in total. The third kappa shape index (κ3) is 5.81. The maximum atomic E-state index is 12.2. The van der Waals surface area contributed by atoms with E-state index >= 15 is 0 Å². The summed E-state index contributed by atoms with van der Waals surface area (Å²) in [5.41, 5.74) is 6.53. The van der Waals surface area contributed by atoms with Crippen LogP contribution in [0.1, 0.15) is 25.7 Å². The lowest BCUT2D eigenvalue weighted by Gasteiger charge is -2.21. The van der Waals surface area contributed by atoms with Crippen LogP contribution in [-0.2, 0) is 9.59 Å². The van der Waals surface area contributed by atoms with E-state index in [-0.39, 0.29) is 42.7 Å². The Bertz CT molecular complexity index is 598. The SMILES string of the molecule is CN(CC(=O)Nc1ccc(Cl)c(Cl)c1)C(=O)C[C@@H]1CCC[C@H]1N.Cl. The molecule has 0 bridgehead atoms. The van der Waals surface area contributed by atoms with Crippen LogP contribution in [0.4, 0.5) is 5.69 Å². The number of amides is 2. The van der Waals surface area contributed by atoms with Gasteiger partial charge in [0.05, 0.1) is 16.6 Å². The Morgan fingerprint density at radius 1 is 1.29 bits per heavy atom. The molecule has 1 aliphatic carbocycles. The summed E-state index contributed by atoms with van der Waals surface area (Å²) in [6.07, 6.45) is 3.42. The molecular formula is C16H22Cl3N3O2. The van der Waals surface area contributed by atoms with Crippen LogP contribution >= 0.6 is 35.6 Å². The molecule has 0 unspecified atom stereocenters. The zero-order valence-corrected chi connectivity index (χ0v) is 15.8. The van der Waals surface area contributed by atoms with Gasteiger partial charge in [0.1, 0.15) is 0 Å². The van der Waals surface area contributed by atoms with E-state index in [2.05, 4.69) is 5.32 Å². The zero-order chi connectivity index (χ0) is 17.0. The monoisotopic (exact) mass is 393 g/mol. The average molecular weight is 395 g/mol. The molecule has 1 aromatic rings. The lowest BCUT2D eigenvalue weighted by atomic mass is 9.99. The van der Waals surface area contributed by atoms with Crippen LogP contribution in [0, 0.1) is 5.92 Å². The van der Waals surface area contributed by atoms with Gasteiger partial charge in [-0.3, -0.25) is 9.59 Å². The second kappa shape index (κ2) is 9.47. The first-order chi connectivity index (χ1) is 10.9. The smallest absolute Gasteiger partial charge is 0.243 e. The van der Waals surface area contributed by atoms with Crippen molar-refractivity contribution in [3.63, 3.8) is 0 Å². The second-order valence-corrected chi connectivity index (χ2v) is 6.80. The molecule has 0 radical (unpaired) electrons. The number of hydrogen-bond donors (Lipinski definition) is 2. The summed E-state index contributed by atoms with van der Waals surface area (Å²) in [6, 6.07) is 4.93. The average Bonchev–Trinajstić information content (AvgIpc) is 2.88. The van der Waals surface area contributed by atoms with Crippen molar-refractivity contribution < 1.29 is 9.59 Å². The van der Waals surface area contributed by atoms with E-state index in [9.17, 15) is 9.59 Å². The molecule has 1 saturated carbocycles. The Morgan fingerprint density at radius 2 is 2.00 bits per heavy atom. The van der Waals surface area contributed by atoms with Gasteiger partial charge in [0.15, 0.2) is 0 Å². The highest BCUT2D eigenvalue weighted by Gasteiger charge is 2.27. The predicted octanol–water partition coefficient (Wildman–Crippen LogP) is 3.33. The molecule has 1 aromatic carbocycles. The van der Waals surface area contributed by atoms with Crippen LogP contribution in [0.5, 0.6) is 0 Å². The summed E-state index contributed by atoms with van der Waals surface area (Å²) >= 11 is 11.7. The van der Waals surface area contributed by atoms with E-state index in [0.717, 1.165) is 19.3 Å². The van der Waals surface area contributed by atoms with Gasteiger partial charge in [-0.1, -0.05) is 29.6 Å². The highest BCUT2D eigenvalue weighted by molar-refractivity contribution is 6.42. The number of anilines is 1. The van der Waals surface area contributed by atoms with Crippen LogP contribution in [-0.4, -0.2) is 36.3 Å². The standard InChI is InChI=1S/C16H21Cl2N3O2.ClH/c1-21(16(23)7-10-3-2-4-14(10)19)9-15(22)20-11-5-6-12(17)13(18)8-11;/h5-6,8,10,14H,2-4,7,9,19H2,1H3,(H,20,22);1H/t10-,14+;/m0./s1. The Kier molecular flexibility index (Phi) is 8.30. The molecule has 1 fully saturated rings. The molecule has 8 heteroatoms. The molecule has 1 aliphatic rings. The van der Waals surface area contributed by atoms with Gasteiger partial charge in [0.2, 0.25) is 11.8 Å². The van der Waals surface area contributed by atoms with Crippen molar-refractivity contribution in [3.05, 3.63) is 28.2 Å². The van der Waals surface area contributed by atoms with E-state index in [4.69, 9.17) is 28.9 Å². The molecular weight excluding hydrogens is 373 g/mol. The summed E-state index contributed by atoms with van der Waals surface area (Å²) in [6.45, 7) is -0.0129. The third-order valence-corrected chi connectivity index (χ3v) is 4.90. The Labute approximate surface area is 158 Å². The predicted molar refractivity (Wildman–Crippen MR) is 99.9 cm³/mol. The number of hydrogen-bond acceptors (Lipinski definition) is 3. The number of likely N-dealkylation sites (N-methyl/N-ethyl adjacent to an activating group) is 1. The van der Waals surface area contributed by atoms with E-state index in [1.54, 1.807) is 25.2 Å². The van der Waals surface area contributed by atoms with Gasteiger partial charge in [-0.2, -0.15) is 0 Å². The van der Waals surface area contributed by atoms with Crippen molar-refractivity contribution in [1.82, 2.24) is 4.90 Å². The van der Waals surface area contributed by atoms with E-state index in [1.807, 2.05) is 0 Å². The van der Waals surface area contributed by atoms with Crippen molar-refractivity contribution in [2.75, 3.05) is 18.9 Å². The van der Waals surface area contributed by atoms with Crippen LogP contribution in [0.25, 0.3) is 0 Å². The molecule has 0 saturated heterocycles. The number of carbonyl (C=O) groups excluding carboxylic acids is 2. The van der Waals surface area contributed by atoms with Crippen LogP contribution < -0.4 is 11.1 Å². The largest absolute Gasteiger partial charge is 0.336 e. The molecule has 2 rings (SSSR count). The van der Waals surface area contributed by atoms with Crippen LogP contribution in [0.2, 0.25) is 10.0 Å². The molecule has 5 nitrogen and oxygen atoms in total. The van der Waals surface area contributed by atoms with E-state index < -0.39 is 0 Å². The molecule has 0 aliphatic heterocycles. The maximum absolute atomic E-state index is 12.2. The van der Waals surface area contributed by atoms with E-state index in [0.29, 0.717) is 22.2 Å².